The van der Waals surface area contributed by atoms with Crippen LogP contribution in [0.3, 0.4) is 0 Å². The van der Waals surface area contributed by atoms with E-state index in [-0.39, 0.29) is 0 Å². The highest BCUT2D eigenvalue weighted by Gasteiger charge is 2.15. The number of anilines is 1. The Morgan fingerprint density at radius 3 is 2.90 bits per heavy atom. The molecule has 104 valence electrons. The highest BCUT2D eigenvalue weighted by atomic mass is 16.5. The largest absolute Gasteiger partial charge is 0.376 e. The predicted molar refractivity (Wildman–Crippen MR) is 78.7 cm³/mol. The SMILES string of the molecule is c1ccc(Cc2nccc(NCC3CCCO3)n2)cc1. The van der Waals surface area contributed by atoms with Crippen LogP contribution < -0.4 is 5.32 Å². The van der Waals surface area contributed by atoms with Gasteiger partial charge in [-0.25, -0.2) is 9.97 Å². The van der Waals surface area contributed by atoms with Gasteiger partial charge in [0.15, 0.2) is 0 Å². The topological polar surface area (TPSA) is 47.0 Å². The maximum Gasteiger partial charge on any atom is 0.135 e. The Kier molecular flexibility index (Phi) is 4.23. The number of hydrogen-bond donors (Lipinski definition) is 1. The lowest BCUT2D eigenvalue weighted by atomic mass is 10.1. The zero-order valence-electron chi connectivity index (χ0n) is 11.5. The van der Waals surface area contributed by atoms with Crippen LogP contribution in [0.2, 0.25) is 0 Å². The lowest BCUT2D eigenvalue weighted by molar-refractivity contribution is 0.120. The van der Waals surface area contributed by atoms with Gasteiger partial charge in [-0.1, -0.05) is 30.3 Å². The summed E-state index contributed by atoms with van der Waals surface area (Å²) < 4.78 is 5.59. The molecule has 1 N–H and O–H groups in total. The number of aromatic nitrogens is 2. The first-order valence-electron chi connectivity index (χ1n) is 7.11. The van der Waals surface area contributed by atoms with Crippen molar-refractivity contribution in [3.8, 4) is 0 Å². The Labute approximate surface area is 119 Å². The number of nitrogens with one attached hydrogen (secondary N) is 1. The molecule has 1 unspecified atom stereocenters. The Morgan fingerprint density at radius 1 is 1.20 bits per heavy atom. The Bertz CT molecular complexity index is 538. The van der Waals surface area contributed by atoms with Crippen molar-refractivity contribution < 1.29 is 4.74 Å². The van der Waals surface area contributed by atoms with E-state index in [2.05, 4.69) is 27.4 Å². The van der Waals surface area contributed by atoms with Gasteiger partial charge in [0.25, 0.3) is 0 Å². The molecule has 3 rings (SSSR count). The third kappa shape index (κ3) is 3.54. The van der Waals surface area contributed by atoms with E-state index < -0.39 is 0 Å². The molecule has 0 bridgehead atoms. The highest BCUT2D eigenvalue weighted by molar-refractivity contribution is 5.34. The monoisotopic (exact) mass is 269 g/mol. The fourth-order valence-corrected chi connectivity index (χ4v) is 2.38. The van der Waals surface area contributed by atoms with Gasteiger partial charge in [0, 0.05) is 25.8 Å². The molecular weight excluding hydrogens is 250 g/mol. The van der Waals surface area contributed by atoms with Crippen LogP contribution in [-0.2, 0) is 11.2 Å². The van der Waals surface area contributed by atoms with Gasteiger partial charge in [-0.15, -0.1) is 0 Å². The summed E-state index contributed by atoms with van der Waals surface area (Å²) in [6.07, 6.45) is 5.19. The van der Waals surface area contributed by atoms with E-state index >= 15 is 0 Å². The van der Waals surface area contributed by atoms with Crippen LogP contribution in [0, 0.1) is 0 Å². The van der Waals surface area contributed by atoms with Crippen molar-refractivity contribution in [2.24, 2.45) is 0 Å². The van der Waals surface area contributed by atoms with E-state index in [0.717, 1.165) is 44.1 Å². The van der Waals surface area contributed by atoms with Crippen LogP contribution in [-0.4, -0.2) is 29.2 Å². The number of nitrogens with zero attached hydrogens (tertiary/aromatic N) is 2. The summed E-state index contributed by atoms with van der Waals surface area (Å²) in [6.45, 7) is 1.71. The average molecular weight is 269 g/mol. The van der Waals surface area contributed by atoms with E-state index in [9.17, 15) is 0 Å². The Balaban J connectivity index is 1.60. The second-order valence-electron chi connectivity index (χ2n) is 5.04. The van der Waals surface area contributed by atoms with Crippen molar-refractivity contribution in [2.45, 2.75) is 25.4 Å². The minimum Gasteiger partial charge on any atom is -0.376 e. The third-order valence-electron chi connectivity index (χ3n) is 3.45. The first-order valence-corrected chi connectivity index (χ1v) is 7.11. The molecule has 1 aliphatic rings. The van der Waals surface area contributed by atoms with Crippen molar-refractivity contribution in [3.05, 3.63) is 54.0 Å². The van der Waals surface area contributed by atoms with E-state index in [1.54, 1.807) is 0 Å². The molecule has 1 atom stereocenters. The molecule has 4 nitrogen and oxygen atoms in total. The second kappa shape index (κ2) is 6.48. The summed E-state index contributed by atoms with van der Waals surface area (Å²) in [7, 11) is 0. The van der Waals surface area contributed by atoms with E-state index in [1.807, 2.05) is 30.5 Å². The molecular formula is C16H19N3O. The Hall–Kier alpha value is -1.94. The average Bonchev–Trinajstić information content (AvgIpc) is 3.00. The molecule has 2 heterocycles. The molecule has 1 aromatic carbocycles. The van der Waals surface area contributed by atoms with E-state index in [4.69, 9.17) is 4.74 Å². The predicted octanol–water partition coefficient (Wildman–Crippen LogP) is 2.66. The van der Waals surface area contributed by atoms with Gasteiger partial charge in [0.2, 0.25) is 0 Å². The van der Waals surface area contributed by atoms with Gasteiger partial charge in [-0.2, -0.15) is 0 Å². The van der Waals surface area contributed by atoms with Crippen molar-refractivity contribution in [2.75, 3.05) is 18.5 Å². The molecule has 1 aromatic heterocycles. The lowest BCUT2D eigenvalue weighted by Crippen LogP contribution is -2.19. The molecule has 2 aromatic rings. The fourth-order valence-electron chi connectivity index (χ4n) is 2.38. The van der Waals surface area contributed by atoms with Gasteiger partial charge in [-0.3, -0.25) is 0 Å². The normalized spacial score (nSPS) is 18.1. The molecule has 20 heavy (non-hydrogen) atoms. The molecule has 1 aliphatic heterocycles. The molecule has 0 aliphatic carbocycles. The van der Waals surface area contributed by atoms with Crippen LogP contribution >= 0.6 is 0 Å². The van der Waals surface area contributed by atoms with Crippen LogP contribution in [0.4, 0.5) is 5.82 Å². The zero-order chi connectivity index (χ0) is 13.6. The van der Waals surface area contributed by atoms with Crippen molar-refractivity contribution in [1.29, 1.82) is 0 Å². The second-order valence-corrected chi connectivity index (χ2v) is 5.04. The standard InChI is InChI=1S/C16H19N3O/c1-2-5-13(6-3-1)11-16-17-9-8-15(19-16)18-12-14-7-4-10-20-14/h1-3,5-6,8-9,14H,4,7,10-12H2,(H,17,18,19). The summed E-state index contributed by atoms with van der Waals surface area (Å²) in [6, 6.07) is 12.2. The molecule has 0 radical (unpaired) electrons. The first kappa shape index (κ1) is 13.1. The molecule has 0 spiro atoms. The van der Waals surface area contributed by atoms with Crippen molar-refractivity contribution in [3.63, 3.8) is 0 Å². The summed E-state index contributed by atoms with van der Waals surface area (Å²) >= 11 is 0. The number of ether oxygens (including phenoxy) is 1. The van der Waals surface area contributed by atoms with Crippen LogP contribution in [0.1, 0.15) is 24.2 Å². The summed E-state index contributed by atoms with van der Waals surface area (Å²) in [5, 5.41) is 3.34. The number of hydrogen-bond acceptors (Lipinski definition) is 4. The minimum atomic E-state index is 0.322. The molecule has 0 saturated carbocycles. The maximum atomic E-state index is 5.59. The molecule has 1 fully saturated rings. The van der Waals surface area contributed by atoms with Gasteiger partial charge < -0.3 is 10.1 Å². The smallest absolute Gasteiger partial charge is 0.135 e. The number of rotatable bonds is 5. The maximum absolute atomic E-state index is 5.59. The Morgan fingerprint density at radius 2 is 2.10 bits per heavy atom. The third-order valence-corrected chi connectivity index (χ3v) is 3.45. The number of benzene rings is 1. The minimum absolute atomic E-state index is 0.322. The lowest BCUT2D eigenvalue weighted by Gasteiger charge is -2.11. The molecule has 4 heteroatoms. The van der Waals surface area contributed by atoms with Gasteiger partial charge >= 0.3 is 0 Å². The van der Waals surface area contributed by atoms with Gasteiger partial charge in [-0.05, 0) is 24.5 Å². The molecule has 1 saturated heterocycles. The first-order chi connectivity index (χ1) is 9.90. The zero-order valence-corrected chi connectivity index (χ0v) is 11.5. The summed E-state index contributed by atoms with van der Waals surface area (Å²) in [4.78, 5) is 8.88. The van der Waals surface area contributed by atoms with Crippen LogP contribution in [0.5, 0.6) is 0 Å². The summed E-state index contributed by atoms with van der Waals surface area (Å²) in [5.74, 6) is 1.72. The van der Waals surface area contributed by atoms with Crippen molar-refractivity contribution in [1.82, 2.24) is 9.97 Å². The highest BCUT2D eigenvalue weighted by Crippen LogP contribution is 2.13. The van der Waals surface area contributed by atoms with Crippen LogP contribution in [0.25, 0.3) is 0 Å². The molecule has 0 amide bonds. The van der Waals surface area contributed by atoms with Gasteiger partial charge in [0.1, 0.15) is 11.6 Å². The fraction of sp³-hybridized carbons (Fsp3) is 0.375. The van der Waals surface area contributed by atoms with Gasteiger partial charge in [0.05, 0.1) is 6.10 Å². The van der Waals surface area contributed by atoms with E-state index in [0.29, 0.717) is 6.10 Å². The quantitative estimate of drug-likeness (QED) is 0.906. The van der Waals surface area contributed by atoms with Crippen molar-refractivity contribution >= 4 is 5.82 Å². The van der Waals surface area contributed by atoms with Crippen LogP contribution in [0.15, 0.2) is 42.6 Å². The summed E-state index contributed by atoms with van der Waals surface area (Å²) in [5.41, 5.74) is 1.23. The van der Waals surface area contributed by atoms with E-state index in [1.165, 1.54) is 5.56 Å².